The van der Waals surface area contributed by atoms with Gasteiger partial charge >= 0.3 is 0 Å². The number of nitrogens with zero attached hydrogens (tertiary/aromatic N) is 4. The fourth-order valence-electron chi connectivity index (χ4n) is 4.64. The number of aromatic nitrogens is 3. The topological polar surface area (TPSA) is 72.0 Å². The first kappa shape index (κ1) is 18.9. The van der Waals surface area contributed by atoms with Crippen LogP contribution in [0.5, 0.6) is 0 Å². The number of piperidine rings is 1. The van der Waals surface area contributed by atoms with Gasteiger partial charge in [0.25, 0.3) is 0 Å². The Balaban J connectivity index is 1.63. The van der Waals surface area contributed by atoms with E-state index in [-0.39, 0.29) is 0 Å². The Morgan fingerprint density at radius 1 is 1.10 bits per heavy atom. The molecule has 1 unspecified atom stereocenters. The van der Waals surface area contributed by atoms with E-state index in [2.05, 4.69) is 74.1 Å². The lowest BCUT2D eigenvalue weighted by molar-refractivity contribution is 0.405. The van der Waals surface area contributed by atoms with Crippen molar-refractivity contribution in [3.63, 3.8) is 0 Å². The number of nitrogens with two attached hydrogens (primary N) is 1. The second-order valence-corrected chi connectivity index (χ2v) is 8.00. The Morgan fingerprint density at radius 2 is 1.97 bits per heavy atom. The third-order valence-electron chi connectivity index (χ3n) is 6.11. The van der Waals surface area contributed by atoms with Gasteiger partial charge in [-0.15, -0.1) is 0 Å². The molecule has 0 saturated carbocycles. The molecule has 30 heavy (non-hydrogen) atoms. The zero-order valence-corrected chi connectivity index (χ0v) is 17.4. The van der Waals surface area contributed by atoms with Crippen LogP contribution in [0.3, 0.4) is 0 Å². The van der Waals surface area contributed by atoms with Crippen molar-refractivity contribution in [2.24, 2.45) is 0 Å². The summed E-state index contributed by atoms with van der Waals surface area (Å²) < 4.78 is 2.37. The van der Waals surface area contributed by atoms with Crippen molar-refractivity contribution in [3.8, 4) is 0 Å². The van der Waals surface area contributed by atoms with E-state index in [1.165, 1.54) is 34.6 Å². The summed E-state index contributed by atoms with van der Waals surface area (Å²) >= 11 is 0. The normalized spacial score (nSPS) is 16.9. The molecule has 0 spiro atoms. The number of nitrogen functional groups attached to an aromatic ring is 1. The van der Waals surface area contributed by atoms with Crippen LogP contribution in [0.15, 0.2) is 54.7 Å². The van der Waals surface area contributed by atoms with E-state index in [1.54, 1.807) is 12.3 Å². The van der Waals surface area contributed by atoms with Crippen LogP contribution in [0.25, 0.3) is 21.8 Å². The fraction of sp³-hybridized carbons (Fsp3) is 0.333. The summed E-state index contributed by atoms with van der Waals surface area (Å²) in [6, 6.07) is 17.5. The lowest BCUT2D eigenvalue weighted by atomic mass is 10.0. The highest BCUT2D eigenvalue weighted by atomic mass is 15.3. The molecule has 6 heteroatoms. The molecular formula is C24H28N6. The Kier molecular flexibility index (Phi) is 5.01. The highest BCUT2D eigenvalue weighted by Gasteiger charge is 2.21. The zero-order valence-electron chi connectivity index (χ0n) is 17.4. The van der Waals surface area contributed by atoms with Gasteiger partial charge in [-0.05, 0) is 56.6 Å². The predicted molar refractivity (Wildman–Crippen MR) is 124 cm³/mol. The number of hydrogen-bond donors (Lipinski definition) is 2. The molecule has 1 aliphatic rings. The van der Waals surface area contributed by atoms with Gasteiger partial charge in [0.15, 0.2) is 0 Å². The Labute approximate surface area is 176 Å². The van der Waals surface area contributed by atoms with E-state index in [4.69, 9.17) is 5.73 Å². The number of rotatable bonds is 5. The highest BCUT2D eigenvalue weighted by molar-refractivity contribution is 6.09. The van der Waals surface area contributed by atoms with Gasteiger partial charge in [0.2, 0.25) is 5.95 Å². The molecule has 0 radical (unpaired) electrons. The number of hydrogen-bond acceptors (Lipinski definition) is 5. The van der Waals surface area contributed by atoms with Crippen LogP contribution in [0.4, 0.5) is 17.5 Å². The molecular weight excluding hydrogens is 372 g/mol. The fourth-order valence-corrected chi connectivity index (χ4v) is 4.64. The van der Waals surface area contributed by atoms with Gasteiger partial charge in [0, 0.05) is 52.8 Å². The van der Waals surface area contributed by atoms with Gasteiger partial charge in [-0.25, -0.2) is 4.98 Å². The molecule has 5 rings (SSSR count). The predicted octanol–water partition coefficient (Wildman–Crippen LogP) is 4.47. The third kappa shape index (κ3) is 3.37. The van der Waals surface area contributed by atoms with E-state index in [1.807, 2.05) is 0 Å². The van der Waals surface area contributed by atoms with Crippen molar-refractivity contribution in [1.82, 2.24) is 19.9 Å². The van der Waals surface area contributed by atoms with Crippen molar-refractivity contribution >= 4 is 39.3 Å². The molecule has 0 amide bonds. The van der Waals surface area contributed by atoms with Crippen LogP contribution in [0.1, 0.15) is 26.2 Å². The minimum atomic E-state index is 0.413. The molecule has 6 nitrogen and oxygen atoms in total. The van der Waals surface area contributed by atoms with Crippen molar-refractivity contribution in [3.05, 3.63) is 54.7 Å². The van der Waals surface area contributed by atoms with E-state index in [9.17, 15) is 0 Å². The van der Waals surface area contributed by atoms with Gasteiger partial charge in [0.05, 0.1) is 0 Å². The lowest BCUT2D eigenvalue weighted by Gasteiger charge is -2.31. The molecule has 1 aliphatic heterocycles. The monoisotopic (exact) mass is 400 g/mol. The average molecular weight is 401 g/mol. The van der Waals surface area contributed by atoms with Crippen LogP contribution < -0.4 is 16.0 Å². The van der Waals surface area contributed by atoms with Crippen LogP contribution >= 0.6 is 0 Å². The van der Waals surface area contributed by atoms with Crippen LogP contribution in [0, 0.1) is 0 Å². The number of benzene rings is 2. The molecule has 4 aromatic rings. The van der Waals surface area contributed by atoms with Gasteiger partial charge < -0.3 is 20.5 Å². The average Bonchev–Trinajstić information content (AvgIpc) is 3.11. The first-order valence-electron chi connectivity index (χ1n) is 10.8. The number of aryl methyl sites for hydroxylation is 1. The first-order valence-corrected chi connectivity index (χ1v) is 10.8. The lowest BCUT2D eigenvalue weighted by Crippen LogP contribution is -2.42. The van der Waals surface area contributed by atoms with Crippen molar-refractivity contribution in [2.75, 3.05) is 23.7 Å². The van der Waals surface area contributed by atoms with Gasteiger partial charge in [-0.2, -0.15) is 4.98 Å². The van der Waals surface area contributed by atoms with E-state index in [0.717, 1.165) is 31.7 Å². The van der Waals surface area contributed by atoms with E-state index < -0.39 is 0 Å². The largest absolute Gasteiger partial charge is 0.384 e. The SMILES string of the molecule is CCn1c2ccccc2c2cc(N(CC3CCCCN3)c3nccc(N)n3)ccc21. The Morgan fingerprint density at radius 3 is 2.77 bits per heavy atom. The maximum atomic E-state index is 6.00. The number of fused-ring (bicyclic) bond motifs is 3. The van der Waals surface area contributed by atoms with Crippen molar-refractivity contribution < 1.29 is 0 Å². The van der Waals surface area contributed by atoms with Crippen molar-refractivity contribution in [2.45, 2.75) is 38.8 Å². The summed E-state index contributed by atoms with van der Waals surface area (Å²) in [4.78, 5) is 11.3. The molecule has 2 aromatic carbocycles. The molecule has 3 heterocycles. The summed E-state index contributed by atoms with van der Waals surface area (Å²) in [7, 11) is 0. The quantitative estimate of drug-likeness (QED) is 0.517. The third-order valence-corrected chi connectivity index (χ3v) is 6.11. The number of nitrogens with one attached hydrogen (secondary N) is 1. The molecule has 2 aromatic heterocycles. The first-order chi connectivity index (χ1) is 14.7. The molecule has 1 atom stereocenters. The number of anilines is 3. The summed E-state index contributed by atoms with van der Waals surface area (Å²) in [6.07, 6.45) is 5.40. The van der Waals surface area contributed by atoms with E-state index in [0.29, 0.717) is 17.8 Å². The standard InChI is InChI=1S/C24H28N6/c1-2-29-21-9-4-3-8-19(21)20-15-18(10-11-22(20)29)30(16-17-7-5-6-13-26-17)24-27-14-12-23(25)28-24/h3-4,8-12,14-15,17,26H,2,5-7,13,16H2,1H3,(H2,25,27,28). The summed E-state index contributed by atoms with van der Waals surface area (Å²) in [5.74, 6) is 1.14. The molecule has 1 fully saturated rings. The highest BCUT2D eigenvalue weighted by Crippen LogP contribution is 2.34. The summed E-state index contributed by atoms with van der Waals surface area (Å²) in [5, 5.41) is 6.19. The molecule has 1 saturated heterocycles. The maximum absolute atomic E-state index is 6.00. The van der Waals surface area contributed by atoms with E-state index >= 15 is 0 Å². The second kappa shape index (κ2) is 7.95. The van der Waals surface area contributed by atoms with Crippen LogP contribution in [0.2, 0.25) is 0 Å². The smallest absolute Gasteiger partial charge is 0.231 e. The van der Waals surface area contributed by atoms with Crippen LogP contribution in [-0.4, -0.2) is 33.7 Å². The second-order valence-electron chi connectivity index (χ2n) is 8.00. The molecule has 0 bridgehead atoms. The van der Waals surface area contributed by atoms with Crippen LogP contribution in [-0.2, 0) is 6.54 Å². The van der Waals surface area contributed by atoms with Crippen molar-refractivity contribution in [1.29, 1.82) is 0 Å². The maximum Gasteiger partial charge on any atom is 0.231 e. The zero-order chi connectivity index (χ0) is 20.5. The molecule has 154 valence electrons. The van der Waals surface area contributed by atoms with Gasteiger partial charge in [0.1, 0.15) is 5.82 Å². The van der Waals surface area contributed by atoms with Gasteiger partial charge in [-0.1, -0.05) is 24.6 Å². The molecule has 3 N–H and O–H groups in total. The summed E-state index contributed by atoms with van der Waals surface area (Å²) in [6.45, 7) is 5.03. The minimum absolute atomic E-state index is 0.413. The van der Waals surface area contributed by atoms with Gasteiger partial charge in [-0.3, -0.25) is 0 Å². The minimum Gasteiger partial charge on any atom is -0.384 e. The number of para-hydroxylation sites is 1. The Bertz CT molecular complexity index is 1170. The summed E-state index contributed by atoms with van der Waals surface area (Å²) in [5.41, 5.74) is 9.62. The molecule has 0 aliphatic carbocycles. The Hall–Kier alpha value is -3.12.